The maximum atomic E-state index is 12.8. The third kappa shape index (κ3) is 2.52. The van der Waals surface area contributed by atoms with Crippen molar-refractivity contribution in [3.05, 3.63) is 21.9 Å². The van der Waals surface area contributed by atoms with Gasteiger partial charge in [0, 0.05) is 24.0 Å². The molecule has 2 aliphatic rings. The van der Waals surface area contributed by atoms with Gasteiger partial charge in [0.15, 0.2) is 6.04 Å². The van der Waals surface area contributed by atoms with Crippen LogP contribution >= 0.6 is 11.3 Å². The fourth-order valence-corrected chi connectivity index (χ4v) is 4.24. The van der Waals surface area contributed by atoms with E-state index in [1.807, 2.05) is 23.3 Å². The van der Waals surface area contributed by atoms with E-state index in [-0.39, 0.29) is 12.1 Å². The van der Waals surface area contributed by atoms with Gasteiger partial charge in [0.2, 0.25) is 0 Å². The molecule has 2 atom stereocenters. The van der Waals surface area contributed by atoms with Gasteiger partial charge in [0.25, 0.3) is 0 Å². The Balaban J connectivity index is 1.87. The smallest absolute Gasteiger partial charge is 0.331 e. The topological polar surface area (TPSA) is 60.9 Å². The van der Waals surface area contributed by atoms with Gasteiger partial charge in [-0.05, 0) is 49.6 Å². The summed E-state index contributed by atoms with van der Waals surface area (Å²) < 4.78 is 0. The summed E-state index contributed by atoms with van der Waals surface area (Å²) in [4.78, 5) is 29.0. The number of likely N-dealkylation sites (tertiary alicyclic amines) is 1. The Morgan fingerprint density at radius 2 is 2.10 bits per heavy atom. The molecule has 1 saturated heterocycles. The second-order valence-corrected chi connectivity index (χ2v) is 6.80. The lowest BCUT2D eigenvalue weighted by molar-refractivity contribution is -0.143. The Bertz CT molecular complexity index is 557. The third-order valence-corrected chi connectivity index (χ3v) is 5.49. The van der Waals surface area contributed by atoms with E-state index in [1.54, 1.807) is 16.2 Å². The monoisotopic (exact) mass is 308 g/mol. The predicted molar refractivity (Wildman–Crippen MR) is 80.5 cm³/mol. The fourth-order valence-electron chi connectivity index (χ4n) is 3.34. The molecule has 6 heteroatoms. The Hall–Kier alpha value is -1.56. The molecule has 3 rings (SSSR count). The summed E-state index contributed by atoms with van der Waals surface area (Å²) in [6.07, 6.45) is 3.90. The van der Waals surface area contributed by atoms with Crippen LogP contribution in [-0.2, 0) is 11.2 Å². The number of nitrogens with zero attached hydrogens (tertiary/aromatic N) is 2. The average Bonchev–Trinajstić information content (AvgIpc) is 2.94. The molecule has 1 aromatic heterocycles. The van der Waals surface area contributed by atoms with Crippen molar-refractivity contribution in [2.24, 2.45) is 0 Å². The van der Waals surface area contributed by atoms with Crippen molar-refractivity contribution in [3.8, 4) is 0 Å². The van der Waals surface area contributed by atoms with Crippen LogP contribution in [-0.4, -0.2) is 46.0 Å². The van der Waals surface area contributed by atoms with Crippen molar-refractivity contribution in [1.29, 1.82) is 0 Å². The largest absolute Gasteiger partial charge is 0.479 e. The zero-order chi connectivity index (χ0) is 15.0. The molecule has 1 N–H and O–H groups in total. The van der Waals surface area contributed by atoms with E-state index in [0.717, 1.165) is 42.7 Å². The maximum absolute atomic E-state index is 12.8. The van der Waals surface area contributed by atoms with E-state index in [0.29, 0.717) is 6.54 Å². The lowest BCUT2D eigenvalue weighted by atomic mass is 9.99. The van der Waals surface area contributed by atoms with Crippen LogP contribution in [0.25, 0.3) is 0 Å². The van der Waals surface area contributed by atoms with Gasteiger partial charge in [-0.3, -0.25) is 0 Å². The number of rotatable bonds is 1. The second kappa shape index (κ2) is 5.67. The lowest BCUT2D eigenvalue weighted by Crippen LogP contribution is -2.53. The van der Waals surface area contributed by atoms with Crippen LogP contribution in [0.1, 0.15) is 42.7 Å². The number of hydrogen-bond donors (Lipinski definition) is 1. The molecule has 114 valence electrons. The minimum absolute atomic E-state index is 0.119. The quantitative estimate of drug-likeness (QED) is 0.867. The number of carbonyl (C=O) groups is 2. The molecule has 2 amide bonds. The molecule has 0 aromatic carbocycles. The zero-order valence-corrected chi connectivity index (χ0v) is 12.9. The van der Waals surface area contributed by atoms with Crippen molar-refractivity contribution in [2.75, 3.05) is 13.1 Å². The summed E-state index contributed by atoms with van der Waals surface area (Å²) in [5.41, 5.74) is 0.789. The fraction of sp³-hybridized carbons (Fsp3) is 0.600. The number of fused-ring (bicyclic) bond motifs is 1. The third-order valence-electron chi connectivity index (χ3n) is 4.49. The van der Waals surface area contributed by atoms with E-state index in [1.165, 1.54) is 0 Å². The first-order valence-electron chi connectivity index (χ1n) is 7.46. The molecule has 0 bridgehead atoms. The first-order valence-corrected chi connectivity index (χ1v) is 8.34. The van der Waals surface area contributed by atoms with Crippen LogP contribution in [0.4, 0.5) is 4.79 Å². The molecule has 0 radical (unpaired) electrons. The molecule has 0 aliphatic carbocycles. The molecule has 0 saturated carbocycles. The Labute approximate surface area is 128 Å². The van der Waals surface area contributed by atoms with E-state index in [2.05, 4.69) is 0 Å². The summed E-state index contributed by atoms with van der Waals surface area (Å²) >= 11 is 1.58. The standard InChI is InChI=1S/C15H20N2O3S/c1-10-4-2-3-7-16(10)15(20)17-8-5-12-11(6-9-21-12)13(17)14(18)19/h6,9-10,13H,2-5,7-8H2,1H3,(H,18,19). The summed E-state index contributed by atoms with van der Waals surface area (Å²) in [5, 5.41) is 11.5. The molecule has 5 nitrogen and oxygen atoms in total. The predicted octanol–water partition coefficient (Wildman–Crippen LogP) is 2.73. The molecule has 1 fully saturated rings. The van der Waals surface area contributed by atoms with Gasteiger partial charge >= 0.3 is 12.0 Å². The highest BCUT2D eigenvalue weighted by atomic mass is 32.1. The van der Waals surface area contributed by atoms with Gasteiger partial charge in [-0.25, -0.2) is 9.59 Å². The van der Waals surface area contributed by atoms with E-state index < -0.39 is 12.0 Å². The summed E-state index contributed by atoms with van der Waals surface area (Å²) in [5.74, 6) is -0.938. The average molecular weight is 308 g/mol. The first-order chi connectivity index (χ1) is 10.1. The van der Waals surface area contributed by atoms with Crippen molar-refractivity contribution < 1.29 is 14.7 Å². The van der Waals surface area contributed by atoms with Gasteiger partial charge in [0.1, 0.15) is 0 Å². The number of amides is 2. The van der Waals surface area contributed by atoms with Crippen molar-refractivity contribution in [1.82, 2.24) is 9.80 Å². The normalized spacial score (nSPS) is 25.6. The number of urea groups is 1. The number of carboxylic acid groups (broad SMARTS) is 1. The molecular formula is C15H20N2O3S. The van der Waals surface area contributed by atoms with E-state index >= 15 is 0 Å². The molecule has 21 heavy (non-hydrogen) atoms. The molecule has 1 aromatic rings. The summed E-state index contributed by atoms with van der Waals surface area (Å²) in [6.45, 7) is 3.28. The van der Waals surface area contributed by atoms with Crippen LogP contribution < -0.4 is 0 Å². The molecule has 2 unspecified atom stereocenters. The highest BCUT2D eigenvalue weighted by Crippen LogP contribution is 2.34. The highest BCUT2D eigenvalue weighted by Gasteiger charge is 2.39. The van der Waals surface area contributed by atoms with Gasteiger partial charge in [0.05, 0.1) is 0 Å². The Morgan fingerprint density at radius 3 is 2.81 bits per heavy atom. The van der Waals surface area contributed by atoms with Crippen LogP contribution in [0.3, 0.4) is 0 Å². The second-order valence-electron chi connectivity index (χ2n) is 5.80. The Morgan fingerprint density at radius 1 is 1.29 bits per heavy atom. The lowest BCUT2D eigenvalue weighted by Gasteiger charge is -2.41. The maximum Gasteiger partial charge on any atom is 0.331 e. The van der Waals surface area contributed by atoms with E-state index in [4.69, 9.17) is 0 Å². The minimum Gasteiger partial charge on any atom is -0.479 e. The number of carbonyl (C=O) groups excluding carboxylic acids is 1. The van der Waals surface area contributed by atoms with Gasteiger partial charge < -0.3 is 14.9 Å². The molecular weight excluding hydrogens is 288 g/mol. The van der Waals surface area contributed by atoms with Gasteiger partial charge in [-0.1, -0.05) is 0 Å². The molecule has 0 spiro atoms. The van der Waals surface area contributed by atoms with Crippen molar-refractivity contribution in [2.45, 2.75) is 44.7 Å². The summed E-state index contributed by atoms with van der Waals surface area (Å²) in [7, 11) is 0. The van der Waals surface area contributed by atoms with Gasteiger partial charge in [-0.15, -0.1) is 11.3 Å². The summed E-state index contributed by atoms with van der Waals surface area (Å²) in [6, 6.07) is 1.09. The zero-order valence-electron chi connectivity index (χ0n) is 12.1. The van der Waals surface area contributed by atoms with E-state index in [9.17, 15) is 14.7 Å². The molecule has 3 heterocycles. The number of aliphatic carboxylic acids is 1. The van der Waals surface area contributed by atoms with Crippen LogP contribution in [0.5, 0.6) is 0 Å². The number of hydrogen-bond acceptors (Lipinski definition) is 3. The SMILES string of the molecule is CC1CCCCN1C(=O)N1CCc2sccc2C1C(=O)O. The van der Waals surface area contributed by atoms with Crippen LogP contribution in [0.2, 0.25) is 0 Å². The van der Waals surface area contributed by atoms with Crippen molar-refractivity contribution in [3.63, 3.8) is 0 Å². The van der Waals surface area contributed by atoms with Crippen LogP contribution in [0.15, 0.2) is 11.4 Å². The highest BCUT2D eigenvalue weighted by molar-refractivity contribution is 7.10. The Kier molecular flexibility index (Phi) is 3.89. The molecule has 2 aliphatic heterocycles. The van der Waals surface area contributed by atoms with Crippen molar-refractivity contribution >= 4 is 23.3 Å². The number of piperidine rings is 1. The van der Waals surface area contributed by atoms with Gasteiger partial charge in [-0.2, -0.15) is 0 Å². The number of thiophene rings is 1. The minimum atomic E-state index is -0.938. The van der Waals surface area contributed by atoms with Crippen LogP contribution in [0, 0.1) is 0 Å². The first kappa shape index (κ1) is 14.4. The number of carboxylic acids is 1.